The Morgan fingerprint density at radius 3 is 1.71 bits per heavy atom. The number of anilines is 6. The van der Waals surface area contributed by atoms with Crippen molar-refractivity contribution in [2.24, 2.45) is 0 Å². The van der Waals surface area contributed by atoms with Crippen molar-refractivity contribution in [3.05, 3.63) is 156 Å². The lowest BCUT2D eigenvalue weighted by molar-refractivity contribution is 0.477. The number of ether oxygens (including phenoxy) is 1. The van der Waals surface area contributed by atoms with E-state index in [1.54, 1.807) is 0 Å². The highest BCUT2D eigenvalue weighted by molar-refractivity contribution is 7.99. The van der Waals surface area contributed by atoms with Crippen molar-refractivity contribution in [2.75, 3.05) is 9.80 Å². The Kier molecular flexibility index (Phi) is 7.38. The van der Waals surface area contributed by atoms with E-state index in [1.165, 1.54) is 43.5 Å². The first-order chi connectivity index (χ1) is 23.2. The first-order valence-corrected chi connectivity index (χ1v) is 17.6. The Morgan fingerprint density at radius 1 is 0.521 bits per heavy atom. The van der Waals surface area contributed by atoms with Crippen molar-refractivity contribution in [3.63, 3.8) is 0 Å². The summed E-state index contributed by atoms with van der Waals surface area (Å²) in [5, 5.41) is 0. The molecular formula is C44H40N2OS. The summed E-state index contributed by atoms with van der Waals surface area (Å²) in [7, 11) is 0. The fourth-order valence-corrected chi connectivity index (χ4v) is 8.15. The van der Waals surface area contributed by atoms with Gasteiger partial charge in [0.05, 0.1) is 22.7 Å². The van der Waals surface area contributed by atoms with Gasteiger partial charge in [0.15, 0.2) is 11.5 Å². The summed E-state index contributed by atoms with van der Waals surface area (Å²) in [4.78, 5) is 7.40. The molecule has 0 atom stereocenters. The van der Waals surface area contributed by atoms with Gasteiger partial charge in [0.25, 0.3) is 0 Å². The van der Waals surface area contributed by atoms with Crippen LogP contribution in [0, 0.1) is 0 Å². The van der Waals surface area contributed by atoms with Crippen LogP contribution in [-0.2, 0) is 17.3 Å². The number of hydrogen-bond donors (Lipinski definition) is 0. The standard InChI is InChI=1S/C44H40N2OS/c1-43(2,3)31-16-13-18-33(27-31)46-37-22-8-11-26-41(37)48-42-30(15-12-23-38(42)46)29-44(4,5)32-17-14-19-34(28-32)45-35-20-6-9-24-39(35)47-40-25-10-7-21-36(40)45/h6-28H,29H2,1-5H3. The van der Waals surface area contributed by atoms with Crippen molar-refractivity contribution in [3.8, 4) is 11.5 Å². The van der Waals surface area contributed by atoms with Gasteiger partial charge >= 0.3 is 0 Å². The van der Waals surface area contributed by atoms with Crippen LogP contribution in [0.4, 0.5) is 34.1 Å². The Balaban J connectivity index is 1.18. The summed E-state index contributed by atoms with van der Waals surface area (Å²) >= 11 is 1.90. The minimum absolute atomic E-state index is 0.0642. The normalized spacial score (nSPS) is 13.6. The molecule has 238 valence electrons. The highest BCUT2D eigenvalue weighted by Crippen LogP contribution is 2.54. The highest BCUT2D eigenvalue weighted by Gasteiger charge is 2.31. The van der Waals surface area contributed by atoms with Gasteiger partial charge in [-0.1, -0.05) is 119 Å². The molecule has 2 aliphatic rings. The van der Waals surface area contributed by atoms with Gasteiger partial charge in [0, 0.05) is 21.2 Å². The van der Waals surface area contributed by atoms with Crippen LogP contribution in [0.1, 0.15) is 51.3 Å². The van der Waals surface area contributed by atoms with E-state index in [-0.39, 0.29) is 10.8 Å². The molecule has 0 saturated carbocycles. The number of fused-ring (bicyclic) bond motifs is 4. The quantitative estimate of drug-likeness (QED) is 0.185. The number of rotatable bonds is 5. The van der Waals surface area contributed by atoms with Gasteiger partial charge in [-0.2, -0.15) is 0 Å². The molecule has 6 aromatic rings. The van der Waals surface area contributed by atoms with Gasteiger partial charge in [-0.15, -0.1) is 0 Å². The molecule has 2 heterocycles. The zero-order chi connectivity index (χ0) is 33.0. The Hall–Kier alpha value is -4.93. The van der Waals surface area contributed by atoms with E-state index in [1.807, 2.05) is 36.0 Å². The van der Waals surface area contributed by atoms with Gasteiger partial charge in [-0.3, -0.25) is 0 Å². The van der Waals surface area contributed by atoms with Crippen LogP contribution in [0.25, 0.3) is 0 Å². The third-order valence-electron chi connectivity index (χ3n) is 9.56. The molecule has 0 aromatic heterocycles. The Morgan fingerprint density at radius 2 is 1.04 bits per heavy atom. The maximum absolute atomic E-state index is 6.30. The third-order valence-corrected chi connectivity index (χ3v) is 10.8. The number of para-hydroxylation sites is 5. The first-order valence-electron chi connectivity index (χ1n) is 16.7. The van der Waals surface area contributed by atoms with Gasteiger partial charge in [-0.05, 0) is 101 Å². The molecule has 48 heavy (non-hydrogen) atoms. The van der Waals surface area contributed by atoms with E-state index in [0.717, 1.165) is 35.0 Å². The predicted molar refractivity (Wildman–Crippen MR) is 202 cm³/mol. The maximum atomic E-state index is 6.30. The zero-order valence-electron chi connectivity index (χ0n) is 28.2. The lowest BCUT2D eigenvalue weighted by Crippen LogP contribution is -2.23. The second-order valence-electron chi connectivity index (χ2n) is 14.5. The van der Waals surface area contributed by atoms with Gasteiger partial charge in [0.1, 0.15) is 0 Å². The third kappa shape index (κ3) is 5.35. The summed E-state index contributed by atoms with van der Waals surface area (Å²) in [6.45, 7) is 11.6. The molecule has 0 saturated heterocycles. The minimum atomic E-state index is -0.134. The van der Waals surface area contributed by atoms with Crippen LogP contribution in [0.5, 0.6) is 11.5 Å². The van der Waals surface area contributed by atoms with Crippen LogP contribution in [0.3, 0.4) is 0 Å². The molecule has 0 amide bonds. The van der Waals surface area contributed by atoms with Crippen LogP contribution >= 0.6 is 11.8 Å². The average Bonchev–Trinajstić information content (AvgIpc) is 3.09. The van der Waals surface area contributed by atoms with Crippen molar-refractivity contribution < 1.29 is 4.74 Å². The molecule has 0 unspecified atom stereocenters. The molecular weight excluding hydrogens is 605 g/mol. The Bertz CT molecular complexity index is 2120. The molecule has 0 spiro atoms. The predicted octanol–water partition coefficient (Wildman–Crippen LogP) is 13.0. The van der Waals surface area contributed by atoms with Crippen LogP contribution in [0.2, 0.25) is 0 Å². The van der Waals surface area contributed by atoms with Crippen molar-refractivity contribution in [2.45, 2.75) is 61.7 Å². The molecule has 0 aliphatic carbocycles. The molecule has 8 rings (SSSR count). The fraction of sp³-hybridized carbons (Fsp3) is 0.182. The monoisotopic (exact) mass is 644 g/mol. The van der Waals surface area contributed by atoms with E-state index in [9.17, 15) is 0 Å². The minimum Gasteiger partial charge on any atom is -0.453 e. The van der Waals surface area contributed by atoms with Crippen LogP contribution in [0.15, 0.2) is 149 Å². The summed E-state index contributed by atoms with van der Waals surface area (Å²) in [6, 6.07) is 50.3. The largest absolute Gasteiger partial charge is 0.453 e. The molecule has 2 aliphatic heterocycles. The topological polar surface area (TPSA) is 15.7 Å². The molecule has 4 heteroatoms. The number of nitrogens with zero attached hydrogens (tertiary/aromatic N) is 2. The zero-order valence-corrected chi connectivity index (χ0v) is 29.0. The first kappa shape index (κ1) is 30.4. The van der Waals surface area contributed by atoms with E-state index < -0.39 is 0 Å². The summed E-state index contributed by atoms with van der Waals surface area (Å²) < 4.78 is 6.30. The lowest BCUT2D eigenvalue weighted by Gasteiger charge is -2.36. The lowest BCUT2D eigenvalue weighted by atomic mass is 9.79. The van der Waals surface area contributed by atoms with Crippen LogP contribution in [-0.4, -0.2) is 0 Å². The summed E-state index contributed by atoms with van der Waals surface area (Å²) in [6.07, 6.45) is 0.904. The van der Waals surface area contributed by atoms with E-state index in [4.69, 9.17) is 4.74 Å². The molecule has 0 bridgehead atoms. The molecule has 0 N–H and O–H groups in total. The van der Waals surface area contributed by atoms with E-state index in [0.29, 0.717) is 0 Å². The van der Waals surface area contributed by atoms with Gasteiger partial charge < -0.3 is 14.5 Å². The SMILES string of the molecule is CC(C)(C)c1cccc(N2c3ccccc3Sc3c(CC(C)(C)c4cccc(N5c6ccccc6Oc6ccccc65)c4)cccc32)c1. The highest BCUT2D eigenvalue weighted by atomic mass is 32.2. The second kappa shape index (κ2) is 11.6. The van der Waals surface area contributed by atoms with Gasteiger partial charge in [-0.25, -0.2) is 0 Å². The molecule has 6 aromatic carbocycles. The van der Waals surface area contributed by atoms with Crippen molar-refractivity contribution >= 4 is 45.9 Å². The fourth-order valence-electron chi connectivity index (χ4n) is 6.99. The van der Waals surface area contributed by atoms with Crippen molar-refractivity contribution in [1.29, 1.82) is 0 Å². The van der Waals surface area contributed by atoms with Crippen molar-refractivity contribution in [1.82, 2.24) is 0 Å². The summed E-state index contributed by atoms with van der Waals surface area (Å²) in [5.74, 6) is 1.73. The smallest absolute Gasteiger partial charge is 0.151 e. The maximum Gasteiger partial charge on any atom is 0.151 e. The van der Waals surface area contributed by atoms with Crippen LogP contribution < -0.4 is 14.5 Å². The molecule has 0 radical (unpaired) electrons. The Labute approximate surface area is 288 Å². The number of hydrogen-bond acceptors (Lipinski definition) is 4. The average molecular weight is 645 g/mol. The van der Waals surface area contributed by atoms with E-state index >= 15 is 0 Å². The summed E-state index contributed by atoms with van der Waals surface area (Å²) in [5.41, 5.74) is 10.8. The van der Waals surface area contributed by atoms with Gasteiger partial charge in [0.2, 0.25) is 0 Å². The van der Waals surface area contributed by atoms with E-state index in [2.05, 4.69) is 160 Å². The molecule has 3 nitrogen and oxygen atoms in total. The number of benzene rings is 6. The second-order valence-corrected chi connectivity index (χ2v) is 15.5. The molecule has 0 fully saturated rings.